The van der Waals surface area contributed by atoms with E-state index in [-0.39, 0.29) is 12.0 Å². The number of ether oxygens (including phenoxy) is 2. The van der Waals surface area contributed by atoms with Gasteiger partial charge in [-0.1, -0.05) is 0 Å². The van der Waals surface area contributed by atoms with Gasteiger partial charge < -0.3 is 19.7 Å². The monoisotopic (exact) mass is 362 g/mol. The minimum absolute atomic E-state index is 0.00742. The average Bonchev–Trinajstić information content (AvgIpc) is 2.32. The van der Waals surface area contributed by atoms with Crippen LogP contribution < -0.4 is 0 Å². The summed E-state index contributed by atoms with van der Waals surface area (Å²) >= 11 is 0. The van der Waals surface area contributed by atoms with Gasteiger partial charge in [-0.15, -0.1) is 0 Å². The summed E-state index contributed by atoms with van der Waals surface area (Å²) in [7, 11) is -5.93. The zero-order valence-electron chi connectivity index (χ0n) is 12.6. The number of aliphatic hydroxyl groups is 2. The average molecular weight is 362 g/mol. The molecule has 0 saturated heterocycles. The third-order valence-electron chi connectivity index (χ3n) is 3.40. The lowest BCUT2D eigenvalue weighted by atomic mass is 9.75. The van der Waals surface area contributed by atoms with Crippen molar-refractivity contribution in [3.05, 3.63) is 0 Å². The zero-order valence-corrected chi connectivity index (χ0v) is 13.4. The molecule has 1 aliphatic carbocycles. The van der Waals surface area contributed by atoms with E-state index >= 15 is 0 Å². The molecular weight excluding hydrogens is 342 g/mol. The molecule has 3 N–H and O–H groups in total. The molecule has 0 aromatic rings. The van der Waals surface area contributed by atoms with Crippen LogP contribution in [0.25, 0.3) is 0 Å². The molecule has 1 saturated carbocycles. The highest BCUT2D eigenvalue weighted by Gasteiger charge is 2.54. The number of rotatable bonds is 8. The molecule has 136 valence electrons. The van der Waals surface area contributed by atoms with E-state index in [2.05, 4.69) is 4.74 Å². The molecule has 0 amide bonds. The van der Waals surface area contributed by atoms with Crippen molar-refractivity contribution < 1.29 is 46.2 Å². The molecule has 0 aliphatic heterocycles. The molecule has 11 heteroatoms. The quantitative estimate of drug-likeness (QED) is 0.319. The minimum Gasteiger partial charge on any atom is -0.426 e. The number of carbonyl (C=O) groups is 1. The van der Waals surface area contributed by atoms with E-state index < -0.39 is 39.8 Å². The topological polar surface area (TPSA) is 130 Å². The maximum atomic E-state index is 13.0. The van der Waals surface area contributed by atoms with Crippen LogP contribution in [-0.4, -0.2) is 59.0 Å². The van der Waals surface area contributed by atoms with Gasteiger partial charge in [0.15, 0.2) is 0 Å². The molecule has 3 unspecified atom stereocenters. The van der Waals surface area contributed by atoms with E-state index in [1.807, 2.05) is 0 Å². The van der Waals surface area contributed by atoms with Crippen molar-refractivity contribution in [1.29, 1.82) is 0 Å². The number of halogens is 2. The van der Waals surface area contributed by atoms with Crippen molar-refractivity contribution in [3.63, 3.8) is 0 Å². The van der Waals surface area contributed by atoms with Gasteiger partial charge in [-0.3, -0.25) is 4.55 Å². The molecule has 0 spiro atoms. The third-order valence-corrected chi connectivity index (χ3v) is 4.29. The van der Waals surface area contributed by atoms with Crippen molar-refractivity contribution >= 4 is 16.1 Å². The summed E-state index contributed by atoms with van der Waals surface area (Å²) in [6.07, 6.45) is -1.91. The van der Waals surface area contributed by atoms with Crippen LogP contribution in [0.1, 0.15) is 33.1 Å². The van der Waals surface area contributed by atoms with Crippen LogP contribution in [0.15, 0.2) is 0 Å². The zero-order chi connectivity index (χ0) is 18.1. The lowest BCUT2D eigenvalue weighted by Crippen LogP contribution is -2.45. The van der Waals surface area contributed by atoms with Crippen LogP contribution in [0.4, 0.5) is 8.78 Å². The van der Waals surface area contributed by atoms with Gasteiger partial charge >= 0.3 is 21.3 Å². The van der Waals surface area contributed by atoms with Gasteiger partial charge in [0.1, 0.15) is 6.61 Å². The Morgan fingerprint density at radius 1 is 1.35 bits per heavy atom. The van der Waals surface area contributed by atoms with E-state index in [0.29, 0.717) is 12.8 Å². The molecule has 0 heterocycles. The largest absolute Gasteiger partial charge is 0.430 e. The summed E-state index contributed by atoms with van der Waals surface area (Å²) in [5, 5.41) is 13.6. The molecule has 0 aromatic carbocycles. The molecule has 1 aliphatic rings. The number of aliphatic hydroxyl groups excluding tert-OH is 1. The van der Waals surface area contributed by atoms with Crippen molar-refractivity contribution in [2.45, 2.75) is 56.4 Å². The number of alkyl halides is 2. The predicted molar refractivity (Wildman–Crippen MR) is 72.0 cm³/mol. The molecular formula is C12H20F2O8S. The Balaban J connectivity index is 2.44. The Morgan fingerprint density at radius 3 is 2.30 bits per heavy atom. The van der Waals surface area contributed by atoms with Crippen molar-refractivity contribution in [3.8, 4) is 0 Å². The van der Waals surface area contributed by atoms with Gasteiger partial charge in [0, 0.05) is 0 Å². The van der Waals surface area contributed by atoms with Gasteiger partial charge in [0.2, 0.25) is 0 Å². The molecule has 0 radical (unpaired) electrons. The second-order valence-electron chi connectivity index (χ2n) is 6.08. The van der Waals surface area contributed by atoms with Crippen LogP contribution in [0.3, 0.4) is 0 Å². The second kappa shape index (κ2) is 6.93. The Bertz CT molecular complexity index is 528. The van der Waals surface area contributed by atoms with Crippen LogP contribution in [0, 0.1) is 5.92 Å². The Kier molecular flexibility index (Phi) is 6.08. The predicted octanol–water partition coefficient (Wildman–Crippen LogP) is 0.285. The number of esters is 1. The second-order valence-corrected chi connectivity index (χ2v) is 7.58. The smallest absolute Gasteiger partial charge is 0.426 e. The van der Waals surface area contributed by atoms with Crippen LogP contribution in [0.5, 0.6) is 0 Å². The fourth-order valence-electron chi connectivity index (χ4n) is 2.16. The van der Waals surface area contributed by atoms with Crippen molar-refractivity contribution in [1.82, 2.24) is 0 Å². The van der Waals surface area contributed by atoms with Gasteiger partial charge in [-0.25, -0.2) is 4.79 Å². The Labute approximate surface area is 132 Å². The summed E-state index contributed by atoms with van der Waals surface area (Å²) in [4.78, 5) is 11.3. The van der Waals surface area contributed by atoms with Crippen LogP contribution in [0.2, 0.25) is 0 Å². The first-order chi connectivity index (χ1) is 10.2. The molecule has 1 fully saturated rings. The first-order valence-corrected chi connectivity index (χ1v) is 8.24. The Morgan fingerprint density at radius 2 is 1.91 bits per heavy atom. The Hall–Kier alpha value is -0.880. The third kappa shape index (κ3) is 5.60. The summed E-state index contributed by atoms with van der Waals surface area (Å²) in [6.45, 7) is 2.46. The lowest BCUT2D eigenvalue weighted by Gasteiger charge is -2.39. The first-order valence-electron chi connectivity index (χ1n) is 6.80. The highest BCUT2D eigenvalue weighted by molar-refractivity contribution is 7.86. The van der Waals surface area contributed by atoms with Gasteiger partial charge in [-0.2, -0.15) is 17.2 Å². The van der Waals surface area contributed by atoms with Gasteiger partial charge in [-0.05, 0) is 39.0 Å². The van der Waals surface area contributed by atoms with E-state index in [0.717, 1.165) is 6.42 Å². The SMILES string of the molecule is CC(C)(O)CC1CCC1OCC(=O)OC(O)C(F)(F)S(=O)(=O)O. The fraction of sp³-hybridized carbons (Fsp3) is 0.917. The van der Waals surface area contributed by atoms with E-state index in [4.69, 9.17) is 14.4 Å². The standard InChI is InChI=1S/C12H20F2O8S/c1-11(2,17)5-7-3-4-8(7)21-6-9(15)22-10(16)12(13,14)23(18,19)20/h7-8,10,16-17H,3-6H2,1-2H3,(H,18,19,20). The molecule has 23 heavy (non-hydrogen) atoms. The number of hydrogen-bond donors (Lipinski definition) is 3. The first kappa shape index (κ1) is 20.2. The van der Waals surface area contributed by atoms with E-state index in [1.54, 1.807) is 13.8 Å². The van der Waals surface area contributed by atoms with Crippen LogP contribution in [-0.2, 0) is 24.4 Å². The van der Waals surface area contributed by atoms with Gasteiger partial charge in [0.05, 0.1) is 11.7 Å². The van der Waals surface area contributed by atoms with Crippen LogP contribution >= 0.6 is 0 Å². The van der Waals surface area contributed by atoms with E-state index in [1.165, 1.54) is 0 Å². The summed E-state index contributed by atoms with van der Waals surface area (Å²) in [5.41, 5.74) is -0.916. The number of carbonyl (C=O) groups excluding carboxylic acids is 1. The van der Waals surface area contributed by atoms with Crippen molar-refractivity contribution in [2.24, 2.45) is 5.92 Å². The maximum Gasteiger partial charge on any atom is 0.430 e. The summed E-state index contributed by atoms with van der Waals surface area (Å²) in [6, 6.07) is 0. The summed E-state index contributed by atoms with van der Waals surface area (Å²) < 4.78 is 63.9. The van der Waals surface area contributed by atoms with E-state index in [9.17, 15) is 27.1 Å². The molecule has 3 atom stereocenters. The van der Waals surface area contributed by atoms with Crippen molar-refractivity contribution in [2.75, 3.05) is 6.61 Å². The fourth-order valence-corrected chi connectivity index (χ4v) is 2.47. The highest BCUT2D eigenvalue weighted by Crippen LogP contribution is 2.36. The molecule has 0 aromatic heterocycles. The molecule has 0 bridgehead atoms. The number of hydrogen-bond acceptors (Lipinski definition) is 7. The normalized spacial score (nSPS) is 24.0. The minimum atomic E-state index is -5.93. The maximum absolute atomic E-state index is 13.0. The summed E-state index contributed by atoms with van der Waals surface area (Å²) in [5.74, 6) is -1.42. The highest BCUT2D eigenvalue weighted by atomic mass is 32.2. The lowest BCUT2D eigenvalue weighted by molar-refractivity contribution is -0.211. The van der Waals surface area contributed by atoms with Gasteiger partial charge in [0.25, 0.3) is 6.29 Å². The molecule has 8 nitrogen and oxygen atoms in total. The molecule has 1 rings (SSSR count).